The fourth-order valence-electron chi connectivity index (χ4n) is 4.29. The Morgan fingerprint density at radius 3 is 2.03 bits per heavy atom. The van der Waals surface area contributed by atoms with Crippen LogP contribution in [-0.2, 0) is 7.05 Å². The molecule has 3 heteroatoms. The average molecular weight is 407 g/mol. The quantitative estimate of drug-likeness (QED) is 0.300. The van der Waals surface area contributed by atoms with Crippen molar-refractivity contribution >= 4 is 38.9 Å². The molecule has 1 aromatic heterocycles. The van der Waals surface area contributed by atoms with Gasteiger partial charge in [-0.2, -0.15) is 0 Å². The maximum absolute atomic E-state index is 5.66. The summed E-state index contributed by atoms with van der Waals surface area (Å²) in [7, 11) is 2.13. The van der Waals surface area contributed by atoms with E-state index in [1.54, 1.807) is 0 Å². The van der Waals surface area contributed by atoms with E-state index in [0.717, 1.165) is 22.8 Å². The normalized spacial score (nSPS) is 11.2. The van der Waals surface area contributed by atoms with Crippen LogP contribution in [0.4, 0.5) is 17.1 Å². The largest absolute Gasteiger partial charge is 0.494 e. The van der Waals surface area contributed by atoms with Gasteiger partial charge in [0.25, 0.3) is 0 Å². The fourth-order valence-corrected chi connectivity index (χ4v) is 4.29. The Labute approximate surface area is 183 Å². The van der Waals surface area contributed by atoms with Crippen LogP contribution in [0, 0.1) is 6.92 Å². The van der Waals surface area contributed by atoms with Crippen LogP contribution in [0.1, 0.15) is 12.5 Å². The lowest BCUT2D eigenvalue weighted by Gasteiger charge is -2.26. The number of rotatable bonds is 5. The molecule has 4 aromatic carbocycles. The molecule has 0 bridgehead atoms. The summed E-state index contributed by atoms with van der Waals surface area (Å²) < 4.78 is 7.92. The zero-order valence-electron chi connectivity index (χ0n) is 18.2. The van der Waals surface area contributed by atoms with Crippen molar-refractivity contribution in [3.8, 4) is 5.75 Å². The van der Waals surface area contributed by atoms with E-state index in [0.29, 0.717) is 6.61 Å². The molecular weight excluding hydrogens is 380 g/mol. The molecular formula is C28H26N2O. The first-order valence-corrected chi connectivity index (χ1v) is 10.7. The Morgan fingerprint density at radius 1 is 0.710 bits per heavy atom. The summed E-state index contributed by atoms with van der Waals surface area (Å²) in [4.78, 5) is 2.30. The molecule has 5 rings (SSSR count). The number of fused-ring (bicyclic) bond motifs is 3. The van der Waals surface area contributed by atoms with Crippen molar-refractivity contribution in [2.75, 3.05) is 11.5 Å². The maximum atomic E-state index is 5.66. The molecule has 0 spiro atoms. The van der Waals surface area contributed by atoms with Gasteiger partial charge in [-0.25, -0.2) is 0 Å². The van der Waals surface area contributed by atoms with Crippen LogP contribution in [0.3, 0.4) is 0 Å². The SMILES string of the molecule is CCOc1ccc(N(c2ccc(C)cc2)c2ccc3c(c2)c2ccccc2n3C)cc1. The van der Waals surface area contributed by atoms with Crippen molar-refractivity contribution in [2.45, 2.75) is 13.8 Å². The molecule has 0 saturated carbocycles. The minimum absolute atomic E-state index is 0.665. The van der Waals surface area contributed by atoms with E-state index in [2.05, 4.69) is 102 Å². The van der Waals surface area contributed by atoms with E-state index in [1.807, 2.05) is 19.1 Å². The summed E-state index contributed by atoms with van der Waals surface area (Å²) in [6, 6.07) is 32.3. The average Bonchev–Trinajstić information content (AvgIpc) is 3.09. The molecule has 0 amide bonds. The van der Waals surface area contributed by atoms with Gasteiger partial charge in [-0.3, -0.25) is 0 Å². The summed E-state index contributed by atoms with van der Waals surface area (Å²) in [6.45, 7) is 4.79. The molecule has 0 aliphatic heterocycles. The van der Waals surface area contributed by atoms with Gasteiger partial charge in [-0.05, 0) is 74.5 Å². The number of aryl methyl sites for hydroxylation is 2. The van der Waals surface area contributed by atoms with E-state index < -0.39 is 0 Å². The van der Waals surface area contributed by atoms with Crippen LogP contribution in [0.2, 0.25) is 0 Å². The van der Waals surface area contributed by atoms with Crippen molar-refractivity contribution in [3.63, 3.8) is 0 Å². The number of hydrogen-bond donors (Lipinski definition) is 0. The Balaban J connectivity index is 1.69. The minimum atomic E-state index is 0.665. The lowest BCUT2D eigenvalue weighted by atomic mass is 10.1. The molecule has 3 nitrogen and oxygen atoms in total. The van der Waals surface area contributed by atoms with Crippen LogP contribution in [0.5, 0.6) is 5.75 Å². The van der Waals surface area contributed by atoms with Crippen molar-refractivity contribution in [1.82, 2.24) is 4.57 Å². The molecule has 0 N–H and O–H groups in total. The lowest BCUT2D eigenvalue weighted by Crippen LogP contribution is -2.10. The van der Waals surface area contributed by atoms with Gasteiger partial charge in [0, 0.05) is 45.9 Å². The molecule has 154 valence electrons. The molecule has 1 heterocycles. The van der Waals surface area contributed by atoms with Gasteiger partial charge in [-0.1, -0.05) is 35.9 Å². The Morgan fingerprint density at radius 2 is 1.32 bits per heavy atom. The first-order chi connectivity index (χ1) is 15.2. The van der Waals surface area contributed by atoms with Gasteiger partial charge < -0.3 is 14.2 Å². The van der Waals surface area contributed by atoms with E-state index in [-0.39, 0.29) is 0 Å². The predicted molar refractivity (Wildman–Crippen MR) is 131 cm³/mol. The number of aromatic nitrogens is 1. The van der Waals surface area contributed by atoms with Gasteiger partial charge >= 0.3 is 0 Å². The molecule has 0 saturated heterocycles. The molecule has 0 unspecified atom stereocenters. The highest BCUT2D eigenvalue weighted by Crippen LogP contribution is 2.38. The molecule has 0 fully saturated rings. The lowest BCUT2D eigenvalue weighted by molar-refractivity contribution is 0.340. The summed E-state index contributed by atoms with van der Waals surface area (Å²) in [5, 5.41) is 2.54. The molecule has 5 aromatic rings. The Hall–Kier alpha value is -3.72. The molecule has 0 aliphatic rings. The highest BCUT2D eigenvalue weighted by molar-refractivity contribution is 6.09. The molecule has 0 radical (unpaired) electrons. The van der Waals surface area contributed by atoms with Crippen molar-refractivity contribution in [2.24, 2.45) is 7.05 Å². The van der Waals surface area contributed by atoms with Gasteiger partial charge in [0.1, 0.15) is 5.75 Å². The predicted octanol–water partition coefficient (Wildman–Crippen LogP) is 7.51. The smallest absolute Gasteiger partial charge is 0.119 e. The van der Waals surface area contributed by atoms with E-state index >= 15 is 0 Å². The van der Waals surface area contributed by atoms with Crippen molar-refractivity contribution < 1.29 is 4.74 Å². The zero-order chi connectivity index (χ0) is 21.4. The standard InChI is InChI=1S/C28H26N2O/c1-4-31-24-16-13-22(14-17-24)30(21-11-9-20(2)10-12-21)23-15-18-28-26(19-23)25-7-5-6-8-27(25)29(28)3/h5-19H,4H2,1-3H3. The van der Waals surface area contributed by atoms with Crippen LogP contribution < -0.4 is 9.64 Å². The van der Waals surface area contributed by atoms with Crippen LogP contribution in [0.15, 0.2) is 91.0 Å². The number of benzene rings is 4. The van der Waals surface area contributed by atoms with Crippen LogP contribution >= 0.6 is 0 Å². The number of ether oxygens (including phenoxy) is 1. The second kappa shape index (κ2) is 7.84. The number of para-hydroxylation sites is 1. The Bertz CT molecular complexity index is 1350. The fraction of sp³-hybridized carbons (Fsp3) is 0.143. The van der Waals surface area contributed by atoms with E-state index in [9.17, 15) is 0 Å². The maximum Gasteiger partial charge on any atom is 0.119 e. The summed E-state index contributed by atoms with van der Waals surface area (Å²) in [6.07, 6.45) is 0. The second-order valence-corrected chi connectivity index (χ2v) is 7.88. The van der Waals surface area contributed by atoms with Gasteiger partial charge in [0.15, 0.2) is 0 Å². The third kappa shape index (κ3) is 3.42. The van der Waals surface area contributed by atoms with Crippen molar-refractivity contribution in [1.29, 1.82) is 0 Å². The second-order valence-electron chi connectivity index (χ2n) is 7.88. The molecule has 31 heavy (non-hydrogen) atoms. The Kier molecular flexibility index (Phi) is 4.87. The highest BCUT2D eigenvalue weighted by atomic mass is 16.5. The van der Waals surface area contributed by atoms with Gasteiger partial charge in [0.2, 0.25) is 0 Å². The van der Waals surface area contributed by atoms with Gasteiger partial charge in [-0.15, -0.1) is 0 Å². The number of anilines is 3. The first-order valence-electron chi connectivity index (χ1n) is 10.7. The van der Waals surface area contributed by atoms with Gasteiger partial charge in [0.05, 0.1) is 6.61 Å². The van der Waals surface area contributed by atoms with E-state index in [1.165, 1.54) is 27.4 Å². The summed E-state index contributed by atoms with van der Waals surface area (Å²) in [5.74, 6) is 0.889. The third-order valence-corrected chi connectivity index (χ3v) is 5.85. The minimum Gasteiger partial charge on any atom is -0.494 e. The van der Waals surface area contributed by atoms with Crippen LogP contribution in [-0.4, -0.2) is 11.2 Å². The third-order valence-electron chi connectivity index (χ3n) is 5.85. The number of hydrogen-bond acceptors (Lipinski definition) is 2. The molecule has 0 aliphatic carbocycles. The zero-order valence-corrected chi connectivity index (χ0v) is 18.2. The molecule has 0 atom stereocenters. The van der Waals surface area contributed by atoms with E-state index in [4.69, 9.17) is 4.74 Å². The summed E-state index contributed by atoms with van der Waals surface area (Å²) >= 11 is 0. The number of nitrogens with zero attached hydrogens (tertiary/aromatic N) is 2. The summed E-state index contributed by atoms with van der Waals surface area (Å²) in [5.41, 5.74) is 7.11. The monoisotopic (exact) mass is 406 g/mol. The topological polar surface area (TPSA) is 17.4 Å². The van der Waals surface area contributed by atoms with Crippen molar-refractivity contribution in [3.05, 3.63) is 96.6 Å². The first kappa shape index (κ1) is 19.3. The highest BCUT2D eigenvalue weighted by Gasteiger charge is 2.15. The van der Waals surface area contributed by atoms with Crippen LogP contribution in [0.25, 0.3) is 21.8 Å².